The van der Waals surface area contributed by atoms with Crippen LogP contribution < -0.4 is 14.8 Å². The number of nitrogens with zero attached hydrogens (tertiary/aromatic N) is 3. The molecule has 0 bridgehead atoms. The number of rotatable bonds is 4. The Morgan fingerprint density at radius 1 is 1.00 bits per heavy atom. The van der Waals surface area contributed by atoms with Gasteiger partial charge in [-0.25, -0.2) is 9.07 Å². The first kappa shape index (κ1) is 20.8. The van der Waals surface area contributed by atoms with Crippen molar-refractivity contribution in [2.24, 2.45) is 0 Å². The molecule has 0 fully saturated rings. The monoisotopic (exact) mass is 472 g/mol. The number of fused-ring (bicyclic) bond motifs is 3. The third-order valence-electron chi connectivity index (χ3n) is 6.15. The van der Waals surface area contributed by atoms with E-state index >= 15 is 0 Å². The molecular weight excluding hydrogens is 451 g/mol. The second-order valence-electron chi connectivity index (χ2n) is 8.04. The Morgan fingerprint density at radius 2 is 1.74 bits per heavy atom. The van der Waals surface area contributed by atoms with Gasteiger partial charge in [0.1, 0.15) is 29.5 Å². The van der Waals surface area contributed by atoms with Crippen LogP contribution in [0.4, 0.5) is 10.3 Å². The van der Waals surface area contributed by atoms with Crippen LogP contribution in [0.2, 0.25) is 0 Å². The maximum Gasteiger partial charge on any atom is 0.227 e. The molecule has 1 N–H and O–H groups in total. The van der Waals surface area contributed by atoms with Gasteiger partial charge in [-0.15, -0.1) is 5.10 Å². The van der Waals surface area contributed by atoms with Crippen LogP contribution in [0.5, 0.6) is 11.5 Å². The molecule has 0 unspecified atom stereocenters. The van der Waals surface area contributed by atoms with Gasteiger partial charge in [0.2, 0.25) is 11.1 Å². The highest BCUT2D eigenvalue weighted by atomic mass is 32.2. The second kappa shape index (κ2) is 8.22. The van der Waals surface area contributed by atoms with E-state index in [2.05, 4.69) is 5.32 Å². The van der Waals surface area contributed by atoms with Crippen molar-refractivity contribution in [2.75, 3.05) is 18.7 Å². The normalized spacial score (nSPS) is 18.3. The Bertz CT molecular complexity index is 1400. The van der Waals surface area contributed by atoms with Crippen molar-refractivity contribution < 1.29 is 13.9 Å². The molecule has 3 heterocycles. The largest absolute Gasteiger partial charge is 0.497 e. The third kappa shape index (κ3) is 3.33. The number of nitrogens with one attached hydrogen (secondary N) is 1. The van der Waals surface area contributed by atoms with E-state index in [1.807, 2.05) is 59.5 Å². The molecule has 2 aliphatic heterocycles. The van der Waals surface area contributed by atoms with Crippen LogP contribution in [0.1, 0.15) is 28.8 Å². The lowest BCUT2D eigenvalue weighted by Crippen LogP contribution is -2.32. The van der Waals surface area contributed by atoms with Gasteiger partial charge in [0.15, 0.2) is 0 Å². The molecule has 4 aromatic rings. The van der Waals surface area contributed by atoms with Crippen molar-refractivity contribution in [3.63, 3.8) is 0 Å². The number of hydrogen-bond donors (Lipinski definition) is 1. The van der Waals surface area contributed by atoms with E-state index in [0.717, 1.165) is 39.5 Å². The molecule has 0 amide bonds. The fraction of sp³-hybridized carbons (Fsp3) is 0.154. The van der Waals surface area contributed by atoms with Crippen molar-refractivity contribution in [3.05, 3.63) is 101 Å². The van der Waals surface area contributed by atoms with Gasteiger partial charge < -0.3 is 14.8 Å². The summed E-state index contributed by atoms with van der Waals surface area (Å²) < 4.78 is 27.6. The smallest absolute Gasteiger partial charge is 0.227 e. The predicted molar refractivity (Wildman–Crippen MR) is 130 cm³/mol. The molecule has 2 aliphatic rings. The number of anilines is 1. The fourth-order valence-electron chi connectivity index (χ4n) is 4.56. The van der Waals surface area contributed by atoms with E-state index < -0.39 is 6.10 Å². The first-order valence-corrected chi connectivity index (χ1v) is 12.1. The van der Waals surface area contributed by atoms with Gasteiger partial charge in [0.05, 0.1) is 12.8 Å². The van der Waals surface area contributed by atoms with Crippen LogP contribution in [0.15, 0.2) is 83.5 Å². The second-order valence-corrected chi connectivity index (χ2v) is 8.82. The Labute approximate surface area is 200 Å². The van der Waals surface area contributed by atoms with Crippen LogP contribution in [0.3, 0.4) is 0 Å². The highest BCUT2D eigenvalue weighted by Crippen LogP contribution is 2.50. The minimum absolute atomic E-state index is 0.283. The fourth-order valence-corrected chi connectivity index (χ4v) is 4.91. The van der Waals surface area contributed by atoms with Crippen molar-refractivity contribution in [3.8, 4) is 11.5 Å². The summed E-state index contributed by atoms with van der Waals surface area (Å²) in [6, 6.07) is 22.1. The molecule has 0 saturated heterocycles. The number of thioether (sulfide) groups is 1. The van der Waals surface area contributed by atoms with Crippen LogP contribution in [-0.2, 0) is 0 Å². The lowest BCUT2D eigenvalue weighted by Gasteiger charge is -2.38. The zero-order valence-corrected chi connectivity index (χ0v) is 19.3. The van der Waals surface area contributed by atoms with Crippen molar-refractivity contribution in [2.45, 2.75) is 17.3 Å². The number of halogens is 1. The summed E-state index contributed by atoms with van der Waals surface area (Å²) in [5.74, 6) is 1.91. The number of aromatic nitrogens is 3. The number of para-hydroxylation sites is 1. The van der Waals surface area contributed by atoms with E-state index in [1.54, 1.807) is 19.2 Å². The molecule has 170 valence electrons. The number of benzene rings is 3. The van der Waals surface area contributed by atoms with Gasteiger partial charge in [0.25, 0.3) is 0 Å². The van der Waals surface area contributed by atoms with Crippen molar-refractivity contribution in [1.82, 2.24) is 14.8 Å². The summed E-state index contributed by atoms with van der Waals surface area (Å²) in [7, 11) is 1.65. The summed E-state index contributed by atoms with van der Waals surface area (Å²) in [4.78, 5) is 4.71. The van der Waals surface area contributed by atoms with E-state index in [0.29, 0.717) is 11.1 Å². The van der Waals surface area contributed by atoms with Crippen molar-refractivity contribution in [1.29, 1.82) is 0 Å². The molecular formula is C26H21FN4O2S. The van der Waals surface area contributed by atoms with Gasteiger partial charge in [-0.05, 0) is 53.8 Å². The van der Waals surface area contributed by atoms with E-state index in [-0.39, 0.29) is 11.9 Å². The lowest BCUT2D eigenvalue weighted by molar-refractivity contribution is 0.222. The summed E-state index contributed by atoms with van der Waals surface area (Å²) >= 11 is 1.49. The maximum atomic E-state index is 13.8. The van der Waals surface area contributed by atoms with Crippen molar-refractivity contribution >= 4 is 23.4 Å². The topological polar surface area (TPSA) is 61.2 Å². The first-order valence-electron chi connectivity index (χ1n) is 10.8. The van der Waals surface area contributed by atoms with E-state index in [9.17, 15) is 4.39 Å². The lowest BCUT2D eigenvalue weighted by atomic mass is 9.84. The average Bonchev–Trinajstić information content (AvgIpc) is 3.30. The number of methoxy groups -OCH3 is 1. The summed E-state index contributed by atoms with van der Waals surface area (Å²) in [6.45, 7) is 0. The summed E-state index contributed by atoms with van der Waals surface area (Å²) in [5, 5.41) is 8.98. The molecule has 0 aliphatic carbocycles. The van der Waals surface area contributed by atoms with Crippen LogP contribution in [0, 0.1) is 5.82 Å². The quantitative estimate of drug-likeness (QED) is 0.384. The summed E-state index contributed by atoms with van der Waals surface area (Å²) in [5.41, 5.74) is 4.75. The minimum atomic E-state index is -0.444. The zero-order chi connectivity index (χ0) is 23.2. The van der Waals surface area contributed by atoms with Gasteiger partial charge in [0, 0.05) is 11.1 Å². The molecule has 34 heavy (non-hydrogen) atoms. The van der Waals surface area contributed by atoms with E-state index in [4.69, 9.17) is 19.6 Å². The molecule has 1 aromatic heterocycles. The Hall–Kier alpha value is -3.78. The summed E-state index contributed by atoms with van der Waals surface area (Å²) in [6.07, 6.45) is 1.51. The predicted octanol–water partition coefficient (Wildman–Crippen LogP) is 5.71. The standard InChI is InChI=1S/C26H21FN4O2S/c1-32-18-13-9-15(10-14-18)23-21-22(28-25-29-26(34-2)30-31(23)25)19-5-3-4-6-20(19)33-24(21)16-7-11-17(27)12-8-16/h3-14,23-24H,1-2H3,(H,28,29,30)/t23-,24-/m1/s1. The van der Waals surface area contributed by atoms with Gasteiger partial charge in [-0.3, -0.25) is 0 Å². The highest BCUT2D eigenvalue weighted by Gasteiger charge is 2.41. The molecule has 8 heteroatoms. The maximum absolute atomic E-state index is 13.8. The van der Waals surface area contributed by atoms with E-state index in [1.165, 1.54) is 23.9 Å². The first-order chi connectivity index (χ1) is 16.7. The zero-order valence-electron chi connectivity index (χ0n) is 18.5. The average molecular weight is 473 g/mol. The molecule has 2 atom stereocenters. The van der Waals surface area contributed by atoms with Gasteiger partial charge in [-0.2, -0.15) is 4.98 Å². The molecule has 0 radical (unpaired) electrons. The van der Waals surface area contributed by atoms with Gasteiger partial charge in [-0.1, -0.05) is 48.2 Å². The van der Waals surface area contributed by atoms with Crippen LogP contribution in [-0.4, -0.2) is 28.1 Å². The molecule has 3 aromatic carbocycles. The molecule has 6 rings (SSSR count). The molecule has 0 saturated carbocycles. The van der Waals surface area contributed by atoms with Gasteiger partial charge >= 0.3 is 0 Å². The number of hydrogen-bond acceptors (Lipinski definition) is 6. The minimum Gasteiger partial charge on any atom is -0.497 e. The molecule has 6 nitrogen and oxygen atoms in total. The SMILES string of the molecule is COc1ccc([C@@H]2C3=C(Nc4nc(SC)nn42)c2ccccc2O[C@@H]3c2ccc(F)cc2)cc1. The third-order valence-corrected chi connectivity index (χ3v) is 6.69. The number of ether oxygens (including phenoxy) is 2. The van der Waals surface area contributed by atoms with Crippen LogP contribution in [0.25, 0.3) is 5.70 Å². The highest BCUT2D eigenvalue weighted by molar-refractivity contribution is 7.98. The Balaban J connectivity index is 1.61. The Morgan fingerprint density at radius 3 is 2.47 bits per heavy atom. The van der Waals surface area contributed by atoms with Crippen LogP contribution >= 0.6 is 11.8 Å². The Kier molecular flexibility index (Phi) is 5.03. The molecule has 0 spiro atoms.